The molecule has 4 rings (SSSR count). The van der Waals surface area contributed by atoms with Crippen molar-refractivity contribution in [1.82, 2.24) is 4.57 Å². The van der Waals surface area contributed by atoms with Crippen molar-refractivity contribution in [2.45, 2.75) is 11.8 Å². The summed E-state index contributed by atoms with van der Waals surface area (Å²) in [6.07, 6.45) is 0. The van der Waals surface area contributed by atoms with Gasteiger partial charge in [-0.15, -0.1) is 0 Å². The number of anilines is 1. The predicted molar refractivity (Wildman–Crippen MR) is 126 cm³/mol. The lowest BCUT2D eigenvalue weighted by molar-refractivity contribution is 0.0998. The average Bonchev–Trinajstić information content (AvgIpc) is 3.09. The maximum atomic E-state index is 13.0. The van der Waals surface area contributed by atoms with Gasteiger partial charge in [0.05, 0.1) is 21.7 Å². The second-order valence-electron chi connectivity index (χ2n) is 7.06. The van der Waals surface area contributed by atoms with Crippen molar-refractivity contribution in [3.05, 3.63) is 82.9 Å². The molecule has 0 aliphatic carbocycles. The Hall–Kier alpha value is -3.50. The molecule has 1 amide bonds. The number of hydrogen-bond acceptors (Lipinski definition) is 5. The standard InChI is InChI=1S/C23H20FN3O4S2/c1-3-31-18-10-13-20-21(14-18)32-23(27(20)2)25-22(28)15-4-8-17(9-5-15)26-33(29,30)19-11-6-16(24)7-12-19/h4-14,26H,3H2,1-2H3. The molecule has 170 valence electrons. The first-order valence-corrected chi connectivity index (χ1v) is 12.3. The Kier molecular flexibility index (Phi) is 6.30. The normalized spacial score (nSPS) is 12.2. The van der Waals surface area contributed by atoms with Crippen LogP contribution in [0.15, 0.2) is 76.6 Å². The van der Waals surface area contributed by atoms with E-state index in [0.29, 0.717) is 17.0 Å². The Bertz CT molecular complexity index is 1490. The van der Waals surface area contributed by atoms with Crippen LogP contribution in [-0.4, -0.2) is 25.5 Å². The quantitative estimate of drug-likeness (QED) is 0.441. The number of sulfonamides is 1. The number of rotatable bonds is 6. The van der Waals surface area contributed by atoms with Gasteiger partial charge in [0.1, 0.15) is 11.6 Å². The Balaban J connectivity index is 1.55. The summed E-state index contributed by atoms with van der Waals surface area (Å²) in [5, 5.41) is 0. The van der Waals surface area contributed by atoms with Crippen molar-refractivity contribution in [1.29, 1.82) is 0 Å². The number of benzene rings is 3. The maximum absolute atomic E-state index is 13.0. The number of carbonyl (C=O) groups is 1. The van der Waals surface area contributed by atoms with Gasteiger partial charge in [0.2, 0.25) is 0 Å². The van der Waals surface area contributed by atoms with Gasteiger partial charge in [-0.1, -0.05) is 11.3 Å². The number of halogens is 1. The van der Waals surface area contributed by atoms with Gasteiger partial charge in [-0.05, 0) is 73.7 Å². The van der Waals surface area contributed by atoms with E-state index in [1.54, 1.807) is 0 Å². The number of fused-ring (bicyclic) bond motifs is 1. The number of ether oxygens (including phenoxy) is 1. The molecule has 0 saturated carbocycles. The monoisotopic (exact) mass is 485 g/mol. The first kappa shape index (κ1) is 22.7. The van der Waals surface area contributed by atoms with Crippen LogP contribution in [0.5, 0.6) is 5.75 Å². The minimum Gasteiger partial charge on any atom is -0.494 e. The molecule has 0 atom stereocenters. The van der Waals surface area contributed by atoms with Gasteiger partial charge in [0, 0.05) is 18.3 Å². The molecule has 0 fully saturated rings. The average molecular weight is 486 g/mol. The van der Waals surface area contributed by atoms with Gasteiger partial charge in [0.25, 0.3) is 15.9 Å². The third-order valence-electron chi connectivity index (χ3n) is 4.80. The van der Waals surface area contributed by atoms with E-state index >= 15 is 0 Å². The predicted octanol–water partition coefficient (Wildman–Crippen LogP) is 4.32. The highest BCUT2D eigenvalue weighted by Crippen LogP contribution is 2.23. The van der Waals surface area contributed by atoms with E-state index < -0.39 is 21.7 Å². The van der Waals surface area contributed by atoms with E-state index in [1.165, 1.54) is 47.7 Å². The zero-order valence-electron chi connectivity index (χ0n) is 17.8. The molecule has 0 spiro atoms. The van der Waals surface area contributed by atoms with Crippen LogP contribution < -0.4 is 14.3 Å². The summed E-state index contributed by atoms with van der Waals surface area (Å²) in [5.74, 6) is -0.221. The fourth-order valence-corrected chi connectivity index (χ4v) is 5.24. The fraction of sp³-hybridized carbons (Fsp3) is 0.130. The zero-order valence-corrected chi connectivity index (χ0v) is 19.4. The summed E-state index contributed by atoms with van der Waals surface area (Å²) in [6, 6.07) is 16.1. The first-order valence-electron chi connectivity index (χ1n) is 9.97. The van der Waals surface area contributed by atoms with Crippen LogP contribution in [-0.2, 0) is 17.1 Å². The van der Waals surface area contributed by atoms with Crippen molar-refractivity contribution in [2.24, 2.45) is 12.0 Å². The Morgan fingerprint density at radius 1 is 1.09 bits per heavy atom. The SMILES string of the molecule is CCOc1ccc2c(c1)sc(=NC(=O)c1ccc(NS(=O)(=O)c3ccc(F)cc3)cc1)n2C. The lowest BCUT2D eigenvalue weighted by atomic mass is 10.2. The smallest absolute Gasteiger partial charge is 0.279 e. The molecule has 10 heteroatoms. The number of aryl methyl sites for hydroxylation is 1. The third-order valence-corrected chi connectivity index (χ3v) is 7.29. The summed E-state index contributed by atoms with van der Waals surface area (Å²) >= 11 is 1.37. The summed E-state index contributed by atoms with van der Waals surface area (Å²) in [6.45, 7) is 2.48. The summed E-state index contributed by atoms with van der Waals surface area (Å²) in [7, 11) is -2.04. The molecule has 0 aliphatic heterocycles. The Morgan fingerprint density at radius 3 is 2.45 bits per heavy atom. The van der Waals surface area contributed by atoms with Gasteiger partial charge in [0.15, 0.2) is 4.80 Å². The summed E-state index contributed by atoms with van der Waals surface area (Å²) in [5.41, 5.74) is 1.51. The number of nitrogens with zero attached hydrogens (tertiary/aromatic N) is 2. The Morgan fingerprint density at radius 2 is 1.79 bits per heavy atom. The highest BCUT2D eigenvalue weighted by Gasteiger charge is 2.15. The summed E-state index contributed by atoms with van der Waals surface area (Å²) < 4.78 is 48.6. The van der Waals surface area contributed by atoms with Crippen LogP contribution in [0.1, 0.15) is 17.3 Å². The highest BCUT2D eigenvalue weighted by molar-refractivity contribution is 7.92. The zero-order chi connectivity index (χ0) is 23.6. The van der Waals surface area contributed by atoms with Crippen LogP contribution in [0, 0.1) is 5.82 Å². The van der Waals surface area contributed by atoms with E-state index in [2.05, 4.69) is 9.71 Å². The molecule has 1 heterocycles. The van der Waals surface area contributed by atoms with Crippen LogP contribution >= 0.6 is 11.3 Å². The minimum absolute atomic E-state index is 0.0659. The number of nitrogens with one attached hydrogen (secondary N) is 1. The minimum atomic E-state index is -3.88. The van der Waals surface area contributed by atoms with Crippen LogP contribution in [0.25, 0.3) is 10.2 Å². The van der Waals surface area contributed by atoms with Gasteiger partial charge in [-0.2, -0.15) is 4.99 Å². The topological polar surface area (TPSA) is 89.8 Å². The van der Waals surface area contributed by atoms with E-state index in [4.69, 9.17) is 4.74 Å². The van der Waals surface area contributed by atoms with E-state index in [-0.39, 0.29) is 10.6 Å². The van der Waals surface area contributed by atoms with Crippen molar-refractivity contribution >= 4 is 43.2 Å². The third kappa shape index (κ3) is 4.96. The molecule has 33 heavy (non-hydrogen) atoms. The van der Waals surface area contributed by atoms with Gasteiger partial charge >= 0.3 is 0 Å². The molecule has 0 unspecified atom stereocenters. The summed E-state index contributed by atoms with van der Waals surface area (Å²) in [4.78, 5) is 17.4. The van der Waals surface area contributed by atoms with E-state index in [1.807, 2.05) is 36.7 Å². The second-order valence-corrected chi connectivity index (χ2v) is 9.75. The van der Waals surface area contributed by atoms with Crippen molar-refractivity contribution in [2.75, 3.05) is 11.3 Å². The van der Waals surface area contributed by atoms with Crippen LogP contribution in [0.2, 0.25) is 0 Å². The number of thiazole rings is 1. The second kappa shape index (κ2) is 9.16. The molecule has 3 aromatic carbocycles. The molecule has 1 N–H and O–H groups in total. The van der Waals surface area contributed by atoms with Gasteiger partial charge in [-0.3, -0.25) is 9.52 Å². The largest absolute Gasteiger partial charge is 0.494 e. The molecule has 0 bridgehead atoms. The molecule has 0 aliphatic rings. The molecular formula is C23H20FN3O4S2. The number of carbonyl (C=O) groups excluding carboxylic acids is 1. The van der Waals surface area contributed by atoms with Crippen LogP contribution in [0.3, 0.4) is 0 Å². The maximum Gasteiger partial charge on any atom is 0.279 e. The highest BCUT2D eigenvalue weighted by atomic mass is 32.2. The fourth-order valence-electron chi connectivity index (χ4n) is 3.14. The lowest BCUT2D eigenvalue weighted by Crippen LogP contribution is -2.14. The van der Waals surface area contributed by atoms with Gasteiger partial charge < -0.3 is 9.30 Å². The van der Waals surface area contributed by atoms with E-state index in [9.17, 15) is 17.6 Å². The first-order chi connectivity index (χ1) is 15.8. The molecule has 0 saturated heterocycles. The lowest BCUT2D eigenvalue weighted by Gasteiger charge is -2.08. The molecule has 1 aromatic heterocycles. The number of hydrogen-bond donors (Lipinski definition) is 1. The van der Waals surface area contributed by atoms with Crippen molar-refractivity contribution < 1.29 is 22.3 Å². The van der Waals surface area contributed by atoms with Crippen molar-refractivity contribution in [3.8, 4) is 5.75 Å². The molecular weight excluding hydrogens is 465 g/mol. The van der Waals surface area contributed by atoms with Gasteiger partial charge in [-0.25, -0.2) is 12.8 Å². The van der Waals surface area contributed by atoms with Crippen LogP contribution in [0.4, 0.5) is 10.1 Å². The molecule has 0 radical (unpaired) electrons. The number of aromatic nitrogens is 1. The van der Waals surface area contributed by atoms with E-state index in [0.717, 1.165) is 28.1 Å². The Labute approximate surface area is 193 Å². The number of amides is 1. The van der Waals surface area contributed by atoms with Crippen molar-refractivity contribution in [3.63, 3.8) is 0 Å². The molecule has 7 nitrogen and oxygen atoms in total. The molecule has 4 aromatic rings.